The second-order valence-corrected chi connectivity index (χ2v) is 5.92. The number of carbonyl (C=O) groups is 1. The van der Waals surface area contributed by atoms with Gasteiger partial charge in [0.2, 0.25) is 0 Å². The number of amides is 1. The number of hydrogen-bond donors (Lipinski definition) is 0. The van der Waals surface area contributed by atoms with Gasteiger partial charge in [-0.1, -0.05) is 0 Å². The van der Waals surface area contributed by atoms with Gasteiger partial charge >= 0.3 is 0 Å². The highest BCUT2D eigenvalue weighted by molar-refractivity contribution is 5.97. The summed E-state index contributed by atoms with van der Waals surface area (Å²) in [5, 5.41) is 4.22. The molecule has 4 rings (SSSR count). The van der Waals surface area contributed by atoms with Gasteiger partial charge in [-0.25, -0.2) is 13.5 Å². The van der Waals surface area contributed by atoms with Crippen molar-refractivity contribution in [2.75, 3.05) is 26.3 Å². The van der Waals surface area contributed by atoms with E-state index in [4.69, 9.17) is 4.74 Å². The molecule has 0 radical (unpaired) electrons. The first-order chi connectivity index (χ1) is 12.6. The Labute approximate surface area is 148 Å². The lowest BCUT2D eigenvalue weighted by Crippen LogP contribution is -2.40. The molecule has 1 aliphatic heterocycles. The Morgan fingerprint density at radius 3 is 2.35 bits per heavy atom. The maximum atomic E-state index is 13.7. The Morgan fingerprint density at radius 2 is 1.69 bits per heavy atom. The predicted molar refractivity (Wildman–Crippen MR) is 89.5 cm³/mol. The molecule has 1 aliphatic rings. The third-order valence-electron chi connectivity index (χ3n) is 4.21. The van der Waals surface area contributed by atoms with Gasteiger partial charge in [0, 0.05) is 31.5 Å². The van der Waals surface area contributed by atoms with Crippen LogP contribution in [0.25, 0.3) is 11.5 Å². The van der Waals surface area contributed by atoms with Crippen LogP contribution in [-0.4, -0.2) is 51.5 Å². The summed E-state index contributed by atoms with van der Waals surface area (Å²) in [6, 6.07) is 6.74. The first kappa shape index (κ1) is 16.5. The highest BCUT2D eigenvalue weighted by Crippen LogP contribution is 2.23. The van der Waals surface area contributed by atoms with E-state index in [0.29, 0.717) is 37.7 Å². The number of hydrogen-bond acceptors (Lipinski definition) is 3. The van der Waals surface area contributed by atoms with E-state index in [1.54, 1.807) is 34.0 Å². The lowest BCUT2D eigenvalue weighted by molar-refractivity contribution is 0.0303. The maximum Gasteiger partial charge on any atom is 0.259 e. The van der Waals surface area contributed by atoms with Crippen LogP contribution >= 0.6 is 0 Å². The third-order valence-corrected chi connectivity index (χ3v) is 4.21. The highest BCUT2D eigenvalue weighted by atomic mass is 19.1. The zero-order valence-electron chi connectivity index (χ0n) is 13.8. The van der Waals surface area contributed by atoms with Crippen molar-refractivity contribution in [2.45, 2.75) is 0 Å². The molecule has 1 aromatic carbocycles. The van der Waals surface area contributed by atoms with Crippen molar-refractivity contribution in [1.29, 1.82) is 0 Å². The molecule has 0 atom stereocenters. The Morgan fingerprint density at radius 1 is 1.04 bits per heavy atom. The van der Waals surface area contributed by atoms with Gasteiger partial charge in [0.1, 0.15) is 17.2 Å². The van der Waals surface area contributed by atoms with Crippen LogP contribution in [0.2, 0.25) is 0 Å². The Bertz CT molecular complexity index is 911. The van der Waals surface area contributed by atoms with Crippen molar-refractivity contribution in [3.8, 4) is 11.5 Å². The lowest BCUT2D eigenvalue weighted by atomic mass is 10.2. The summed E-state index contributed by atoms with van der Waals surface area (Å²) in [7, 11) is 0. The van der Waals surface area contributed by atoms with Gasteiger partial charge in [-0.05, 0) is 24.3 Å². The molecule has 1 saturated heterocycles. The molecule has 6 nitrogen and oxygen atoms in total. The summed E-state index contributed by atoms with van der Waals surface area (Å²) in [5.41, 5.74) is 0.556. The van der Waals surface area contributed by atoms with Crippen molar-refractivity contribution in [3.63, 3.8) is 0 Å². The summed E-state index contributed by atoms with van der Waals surface area (Å²) < 4.78 is 35.7. The van der Waals surface area contributed by atoms with E-state index in [2.05, 4.69) is 5.10 Å². The fourth-order valence-corrected chi connectivity index (χ4v) is 3.00. The van der Waals surface area contributed by atoms with Gasteiger partial charge in [0.05, 0.1) is 25.1 Å². The van der Waals surface area contributed by atoms with E-state index in [1.165, 1.54) is 23.0 Å². The van der Waals surface area contributed by atoms with Crippen LogP contribution in [0.15, 0.2) is 48.9 Å². The van der Waals surface area contributed by atoms with Gasteiger partial charge < -0.3 is 14.2 Å². The van der Waals surface area contributed by atoms with E-state index in [1.807, 2.05) is 0 Å². The Hall–Kier alpha value is -3.00. The molecule has 8 heteroatoms. The van der Waals surface area contributed by atoms with Crippen LogP contribution < -0.4 is 0 Å². The summed E-state index contributed by atoms with van der Waals surface area (Å²) in [4.78, 5) is 14.6. The molecule has 0 bridgehead atoms. The Balaban J connectivity index is 1.83. The molecule has 3 heterocycles. The molecule has 0 aliphatic carbocycles. The molecule has 0 spiro atoms. The number of halogens is 2. The molecule has 134 valence electrons. The van der Waals surface area contributed by atoms with Crippen LogP contribution in [0.1, 0.15) is 10.4 Å². The zero-order chi connectivity index (χ0) is 18.1. The molecule has 26 heavy (non-hydrogen) atoms. The van der Waals surface area contributed by atoms with Crippen molar-refractivity contribution in [2.24, 2.45) is 0 Å². The lowest BCUT2D eigenvalue weighted by Gasteiger charge is -2.26. The van der Waals surface area contributed by atoms with E-state index in [9.17, 15) is 13.6 Å². The van der Waals surface area contributed by atoms with E-state index >= 15 is 0 Å². The van der Waals surface area contributed by atoms with Crippen molar-refractivity contribution >= 4 is 5.91 Å². The molecule has 1 amide bonds. The fourth-order valence-electron chi connectivity index (χ4n) is 3.00. The monoisotopic (exact) mass is 358 g/mol. The fraction of sp³-hybridized carbons (Fsp3) is 0.222. The van der Waals surface area contributed by atoms with Gasteiger partial charge in [0.15, 0.2) is 5.82 Å². The number of rotatable bonds is 3. The topological polar surface area (TPSA) is 52.3 Å². The molecular formula is C18H16F2N4O2. The van der Waals surface area contributed by atoms with Gasteiger partial charge in [-0.3, -0.25) is 4.79 Å². The van der Waals surface area contributed by atoms with Crippen LogP contribution in [0.4, 0.5) is 8.78 Å². The second-order valence-electron chi connectivity index (χ2n) is 5.92. The Kier molecular flexibility index (Phi) is 4.26. The number of nitrogens with zero attached hydrogens (tertiary/aromatic N) is 4. The second kappa shape index (κ2) is 6.72. The summed E-state index contributed by atoms with van der Waals surface area (Å²) in [5.74, 6) is -1.19. The van der Waals surface area contributed by atoms with Crippen LogP contribution in [0.5, 0.6) is 0 Å². The van der Waals surface area contributed by atoms with E-state index in [0.717, 1.165) is 6.07 Å². The quantitative estimate of drug-likeness (QED) is 0.723. The number of morpholine rings is 1. The first-order valence-electron chi connectivity index (χ1n) is 8.18. The minimum Gasteiger partial charge on any atom is -0.378 e. The number of benzene rings is 1. The SMILES string of the molecule is O=C(c1cnn(-c2cc(F)cc(F)c2)c1-n1cccc1)N1CCOCC1. The van der Waals surface area contributed by atoms with E-state index < -0.39 is 11.6 Å². The van der Waals surface area contributed by atoms with Crippen molar-refractivity contribution in [3.05, 3.63) is 66.1 Å². The molecular weight excluding hydrogens is 342 g/mol. The van der Waals surface area contributed by atoms with Crippen LogP contribution in [0, 0.1) is 11.6 Å². The summed E-state index contributed by atoms with van der Waals surface area (Å²) in [6.45, 7) is 1.94. The maximum absolute atomic E-state index is 13.7. The number of ether oxygens (including phenoxy) is 1. The van der Waals surface area contributed by atoms with Crippen molar-refractivity contribution in [1.82, 2.24) is 19.2 Å². The van der Waals surface area contributed by atoms with Crippen LogP contribution in [-0.2, 0) is 4.74 Å². The largest absolute Gasteiger partial charge is 0.378 e. The predicted octanol–water partition coefficient (Wildman–Crippen LogP) is 2.41. The molecule has 2 aromatic heterocycles. The molecule has 0 saturated carbocycles. The molecule has 0 unspecified atom stereocenters. The molecule has 3 aromatic rings. The first-order valence-corrected chi connectivity index (χ1v) is 8.18. The number of carbonyl (C=O) groups excluding carboxylic acids is 1. The average Bonchev–Trinajstić information content (AvgIpc) is 3.30. The van der Waals surface area contributed by atoms with E-state index in [-0.39, 0.29) is 11.6 Å². The van der Waals surface area contributed by atoms with Gasteiger partial charge in [0.25, 0.3) is 5.91 Å². The highest BCUT2D eigenvalue weighted by Gasteiger charge is 2.25. The van der Waals surface area contributed by atoms with Gasteiger partial charge in [-0.15, -0.1) is 0 Å². The van der Waals surface area contributed by atoms with Crippen molar-refractivity contribution < 1.29 is 18.3 Å². The number of aromatic nitrogens is 3. The average molecular weight is 358 g/mol. The standard InChI is InChI=1S/C18H16F2N4O2/c19-13-9-14(20)11-15(10-13)24-17(22-3-1-2-4-22)16(12-21-24)18(25)23-5-7-26-8-6-23/h1-4,9-12H,5-8H2. The minimum atomic E-state index is -0.713. The summed E-state index contributed by atoms with van der Waals surface area (Å²) >= 11 is 0. The molecule has 0 N–H and O–H groups in total. The normalized spacial score (nSPS) is 14.6. The molecule has 1 fully saturated rings. The summed E-state index contributed by atoms with van der Waals surface area (Å²) in [6.07, 6.45) is 4.93. The van der Waals surface area contributed by atoms with Crippen LogP contribution in [0.3, 0.4) is 0 Å². The smallest absolute Gasteiger partial charge is 0.259 e. The third kappa shape index (κ3) is 2.99. The minimum absolute atomic E-state index is 0.194. The van der Waals surface area contributed by atoms with Gasteiger partial charge in [-0.2, -0.15) is 5.10 Å². The zero-order valence-corrected chi connectivity index (χ0v) is 13.8.